The molecule has 1 fully saturated rings. The highest BCUT2D eigenvalue weighted by atomic mass is 16.1. The molecule has 2 heteroatoms. The van der Waals surface area contributed by atoms with Crippen LogP contribution in [0, 0.1) is 5.92 Å². The molecule has 1 amide bonds. The minimum absolute atomic E-state index is 0.0418. The van der Waals surface area contributed by atoms with E-state index in [1.807, 2.05) is 36.4 Å². The second-order valence-electron chi connectivity index (χ2n) is 5.16. The van der Waals surface area contributed by atoms with Crippen LogP contribution >= 0.6 is 0 Å². The lowest BCUT2D eigenvalue weighted by Gasteiger charge is -2.13. The molecule has 92 valence electrons. The van der Waals surface area contributed by atoms with Crippen molar-refractivity contribution < 1.29 is 4.79 Å². The Morgan fingerprint density at radius 1 is 1.17 bits per heavy atom. The zero-order valence-electron chi connectivity index (χ0n) is 10.5. The molecule has 1 atom stereocenters. The number of carbonyl (C=O) groups is 1. The van der Waals surface area contributed by atoms with Crippen LogP contribution in [0.2, 0.25) is 0 Å². The molecule has 0 bridgehead atoms. The lowest BCUT2D eigenvalue weighted by Crippen LogP contribution is -2.33. The van der Waals surface area contributed by atoms with Gasteiger partial charge in [-0.15, -0.1) is 0 Å². The summed E-state index contributed by atoms with van der Waals surface area (Å²) in [5.74, 6) is 0.731. The molecular formula is C16H17NO. The van der Waals surface area contributed by atoms with Crippen LogP contribution in [0.15, 0.2) is 42.5 Å². The van der Waals surface area contributed by atoms with Gasteiger partial charge in [0.2, 0.25) is 0 Å². The highest BCUT2D eigenvalue weighted by Gasteiger charge is 2.29. The van der Waals surface area contributed by atoms with Gasteiger partial charge in [0.15, 0.2) is 0 Å². The number of nitrogens with one attached hydrogen (secondary N) is 1. The number of rotatable bonds is 3. The minimum atomic E-state index is 0.0418. The first-order chi connectivity index (χ1) is 8.74. The van der Waals surface area contributed by atoms with Crippen molar-refractivity contribution in [2.45, 2.75) is 25.8 Å². The lowest BCUT2D eigenvalue weighted by molar-refractivity contribution is 0.0936. The first-order valence-corrected chi connectivity index (χ1v) is 6.54. The first kappa shape index (κ1) is 11.3. The van der Waals surface area contributed by atoms with Gasteiger partial charge in [-0.05, 0) is 48.6 Å². The number of hydrogen-bond acceptors (Lipinski definition) is 1. The minimum Gasteiger partial charge on any atom is -0.349 e. The summed E-state index contributed by atoms with van der Waals surface area (Å²) in [4.78, 5) is 12.1. The molecule has 2 nitrogen and oxygen atoms in total. The Labute approximate surface area is 107 Å². The Morgan fingerprint density at radius 3 is 2.61 bits per heavy atom. The summed E-state index contributed by atoms with van der Waals surface area (Å²) in [5, 5.41) is 5.37. The second kappa shape index (κ2) is 4.45. The topological polar surface area (TPSA) is 29.1 Å². The maximum absolute atomic E-state index is 12.1. The number of hydrogen-bond donors (Lipinski definition) is 1. The number of benzene rings is 2. The summed E-state index contributed by atoms with van der Waals surface area (Å²) in [5.41, 5.74) is 0.751. The fraction of sp³-hybridized carbons (Fsp3) is 0.312. The van der Waals surface area contributed by atoms with E-state index < -0.39 is 0 Å². The van der Waals surface area contributed by atoms with Crippen molar-refractivity contribution in [1.29, 1.82) is 0 Å². The van der Waals surface area contributed by atoms with Crippen molar-refractivity contribution in [2.75, 3.05) is 0 Å². The molecule has 0 heterocycles. The van der Waals surface area contributed by atoms with Crippen molar-refractivity contribution in [3.05, 3.63) is 48.0 Å². The number of carbonyl (C=O) groups excluding carboxylic acids is 1. The molecule has 2 aromatic rings. The molecule has 1 saturated carbocycles. The van der Waals surface area contributed by atoms with Crippen LogP contribution in [0.3, 0.4) is 0 Å². The van der Waals surface area contributed by atoms with Crippen molar-refractivity contribution in [3.63, 3.8) is 0 Å². The maximum atomic E-state index is 12.1. The summed E-state index contributed by atoms with van der Waals surface area (Å²) >= 11 is 0. The van der Waals surface area contributed by atoms with Gasteiger partial charge < -0.3 is 5.32 Å². The van der Waals surface area contributed by atoms with Crippen molar-refractivity contribution in [3.8, 4) is 0 Å². The van der Waals surface area contributed by atoms with Crippen molar-refractivity contribution >= 4 is 16.7 Å². The predicted molar refractivity (Wildman–Crippen MR) is 73.6 cm³/mol. The standard InChI is InChI=1S/C16H17NO/c1-11(12-6-7-12)17-16(18)15-9-8-13-4-2-3-5-14(13)10-15/h2-5,8-12H,6-7H2,1H3,(H,17,18)/t11-/m1/s1. The summed E-state index contributed by atoms with van der Waals surface area (Å²) in [6.45, 7) is 2.09. The first-order valence-electron chi connectivity index (χ1n) is 6.54. The average Bonchev–Trinajstić information content (AvgIpc) is 3.22. The van der Waals surface area contributed by atoms with E-state index >= 15 is 0 Å². The van der Waals surface area contributed by atoms with E-state index in [0.29, 0.717) is 12.0 Å². The van der Waals surface area contributed by atoms with E-state index in [9.17, 15) is 4.79 Å². The van der Waals surface area contributed by atoms with E-state index in [-0.39, 0.29) is 5.91 Å². The highest BCUT2D eigenvalue weighted by molar-refractivity contribution is 5.98. The van der Waals surface area contributed by atoms with E-state index in [0.717, 1.165) is 10.9 Å². The lowest BCUT2D eigenvalue weighted by atomic mass is 10.1. The van der Waals surface area contributed by atoms with Crippen LogP contribution in [-0.4, -0.2) is 11.9 Å². The van der Waals surface area contributed by atoms with Crippen LogP contribution in [-0.2, 0) is 0 Å². The zero-order chi connectivity index (χ0) is 12.5. The number of amides is 1. The van der Waals surface area contributed by atoms with Crippen molar-refractivity contribution in [2.24, 2.45) is 5.92 Å². The van der Waals surface area contributed by atoms with Crippen LogP contribution in [0.5, 0.6) is 0 Å². The Balaban J connectivity index is 1.82. The van der Waals surface area contributed by atoms with Gasteiger partial charge in [0, 0.05) is 11.6 Å². The Morgan fingerprint density at radius 2 is 1.89 bits per heavy atom. The summed E-state index contributed by atoms with van der Waals surface area (Å²) in [6, 6.07) is 14.3. The van der Waals surface area contributed by atoms with Crippen LogP contribution < -0.4 is 5.32 Å². The third kappa shape index (κ3) is 2.23. The van der Waals surface area contributed by atoms with Gasteiger partial charge in [0.05, 0.1) is 0 Å². The van der Waals surface area contributed by atoms with Gasteiger partial charge in [0.25, 0.3) is 5.91 Å². The predicted octanol–water partition coefficient (Wildman–Crippen LogP) is 3.37. The largest absolute Gasteiger partial charge is 0.349 e. The second-order valence-corrected chi connectivity index (χ2v) is 5.16. The molecule has 0 aliphatic heterocycles. The molecule has 0 aromatic heterocycles. The molecular weight excluding hydrogens is 222 g/mol. The van der Waals surface area contributed by atoms with Gasteiger partial charge in [-0.2, -0.15) is 0 Å². The molecule has 0 radical (unpaired) electrons. The summed E-state index contributed by atoms with van der Waals surface area (Å²) in [7, 11) is 0. The fourth-order valence-corrected chi connectivity index (χ4v) is 2.33. The molecule has 2 aromatic carbocycles. The average molecular weight is 239 g/mol. The zero-order valence-corrected chi connectivity index (χ0v) is 10.5. The molecule has 1 aliphatic rings. The monoisotopic (exact) mass is 239 g/mol. The van der Waals surface area contributed by atoms with E-state index in [1.165, 1.54) is 18.2 Å². The molecule has 1 N–H and O–H groups in total. The SMILES string of the molecule is C[C@@H](NC(=O)c1ccc2ccccc2c1)C1CC1. The summed E-state index contributed by atoms with van der Waals surface area (Å²) in [6.07, 6.45) is 2.50. The summed E-state index contributed by atoms with van der Waals surface area (Å²) < 4.78 is 0. The fourth-order valence-electron chi connectivity index (χ4n) is 2.33. The third-order valence-electron chi connectivity index (χ3n) is 3.70. The van der Waals surface area contributed by atoms with Crippen LogP contribution in [0.25, 0.3) is 10.8 Å². The van der Waals surface area contributed by atoms with E-state index in [4.69, 9.17) is 0 Å². The van der Waals surface area contributed by atoms with Gasteiger partial charge in [-0.3, -0.25) is 4.79 Å². The Kier molecular flexibility index (Phi) is 2.78. The number of fused-ring (bicyclic) bond motifs is 1. The van der Waals surface area contributed by atoms with E-state index in [1.54, 1.807) is 0 Å². The maximum Gasteiger partial charge on any atom is 0.251 e. The van der Waals surface area contributed by atoms with Crippen LogP contribution in [0.4, 0.5) is 0 Å². The normalized spacial score (nSPS) is 16.5. The quantitative estimate of drug-likeness (QED) is 0.874. The van der Waals surface area contributed by atoms with E-state index in [2.05, 4.69) is 18.3 Å². The molecule has 3 rings (SSSR count). The molecule has 18 heavy (non-hydrogen) atoms. The molecule has 0 spiro atoms. The van der Waals surface area contributed by atoms with Crippen LogP contribution in [0.1, 0.15) is 30.1 Å². The van der Waals surface area contributed by atoms with Gasteiger partial charge >= 0.3 is 0 Å². The highest BCUT2D eigenvalue weighted by Crippen LogP contribution is 2.32. The Bertz CT molecular complexity index is 586. The Hall–Kier alpha value is -1.83. The third-order valence-corrected chi connectivity index (χ3v) is 3.70. The van der Waals surface area contributed by atoms with Gasteiger partial charge in [0.1, 0.15) is 0 Å². The van der Waals surface area contributed by atoms with Gasteiger partial charge in [-0.25, -0.2) is 0 Å². The smallest absolute Gasteiger partial charge is 0.251 e. The van der Waals surface area contributed by atoms with Crippen molar-refractivity contribution in [1.82, 2.24) is 5.32 Å². The molecule has 1 aliphatic carbocycles. The molecule has 0 saturated heterocycles. The van der Waals surface area contributed by atoms with Gasteiger partial charge in [-0.1, -0.05) is 30.3 Å². The molecule has 0 unspecified atom stereocenters.